The van der Waals surface area contributed by atoms with Gasteiger partial charge >= 0.3 is 6.03 Å². The van der Waals surface area contributed by atoms with Gasteiger partial charge in [0.15, 0.2) is 0 Å². The van der Waals surface area contributed by atoms with Crippen LogP contribution in [0.5, 0.6) is 11.5 Å². The summed E-state index contributed by atoms with van der Waals surface area (Å²) in [6.07, 6.45) is 1.47. The second kappa shape index (κ2) is 9.78. The Labute approximate surface area is 163 Å². The Morgan fingerprint density at radius 1 is 0.893 bits per heavy atom. The fourth-order valence-corrected chi connectivity index (χ4v) is 2.49. The maximum absolute atomic E-state index is 10.9. The number of hydrazone groups is 1. The molecule has 3 rings (SSSR count). The first kappa shape index (κ1) is 19.0. The first-order chi connectivity index (χ1) is 13.7. The van der Waals surface area contributed by atoms with Crippen molar-refractivity contribution in [2.24, 2.45) is 10.8 Å². The Bertz CT molecular complexity index is 928. The van der Waals surface area contributed by atoms with Crippen LogP contribution in [0.15, 0.2) is 84.0 Å². The molecule has 0 aliphatic rings. The predicted molar refractivity (Wildman–Crippen MR) is 108 cm³/mol. The summed E-state index contributed by atoms with van der Waals surface area (Å²) in [5, 5.41) is 3.83. The van der Waals surface area contributed by atoms with E-state index in [1.807, 2.05) is 72.8 Å². The van der Waals surface area contributed by atoms with Gasteiger partial charge in [-0.2, -0.15) is 5.10 Å². The van der Waals surface area contributed by atoms with Crippen molar-refractivity contribution in [1.29, 1.82) is 0 Å². The highest BCUT2D eigenvalue weighted by Crippen LogP contribution is 2.24. The molecule has 0 radical (unpaired) electrons. The van der Waals surface area contributed by atoms with Gasteiger partial charge in [-0.25, -0.2) is 10.2 Å². The van der Waals surface area contributed by atoms with Crippen molar-refractivity contribution in [2.45, 2.75) is 13.2 Å². The Balaban J connectivity index is 1.73. The summed E-state index contributed by atoms with van der Waals surface area (Å²) in [7, 11) is 0. The number of ether oxygens (including phenoxy) is 2. The van der Waals surface area contributed by atoms with Crippen molar-refractivity contribution in [3.63, 3.8) is 0 Å². The van der Waals surface area contributed by atoms with E-state index in [1.54, 1.807) is 6.07 Å². The fourth-order valence-electron chi connectivity index (χ4n) is 2.49. The molecular weight excluding hydrogens is 354 g/mol. The number of carbonyl (C=O) groups is 1. The summed E-state index contributed by atoms with van der Waals surface area (Å²) < 4.78 is 11.8. The smallest absolute Gasteiger partial charge is 0.332 e. The van der Waals surface area contributed by atoms with Crippen LogP contribution >= 0.6 is 0 Å². The summed E-state index contributed by atoms with van der Waals surface area (Å²) in [5.41, 5.74) is 10.0. The molecule has 3 aromatic rings. The van der Waals surface area contributed by atoms with Gasteiger partial charge in [-0.05, 0) is 29.3 Å². The third kappa shape index (κ3) is 5.88. The van der Waals surface area contributed by atoms with Crippen molar-refractivity contribution >= 4 is 12.2 Å². The van der Waals surface area contributed by atoms with Crippen LogP contribution in [0.3, 0.4) is 0 Å². The fraction of sp³-hybridized carbons (Fsp3) is 0.0909. The summed E-state index contributed by atoms with van der Waals surface area (Å²) in [4.78, 5) is 10.9. The van der Waals surface area contributed by atoms with Gasteiger partial charge in [-0.15, -0.1) is 0 Å². The molecule has 6 nitrogen and oxygen atoms in total. The van der Waals surface area contributed by atoms with Crippen molar-refractivity contribution in [1.82, 2.24) is 5.43 Å². The highest BCUT2D eigenvalue weighted by atomic mass is 16.5. The van der Waals surface area contributed by atoms with Crippen LogP contribution in [-0.4, -0.2) is 12.2 Å². The van der Waals surface area contributed by atoms with E-state index in [9.17, 15) is 4.79 Å². The monoisotopic (exact) mass is 375 g/mol. The zero-order valence-electron chi connectivity index (χ0n) is 15.2. The van der Waals surface area contributed by atoms with Gasteiger partial charge in [0.05, 0.1) is 6.21 Å². The third-order valence-electron chi connectivity index (χ3n) is 3.85. The topological polar surface area (TPSA) is 85.9 Å². The number of amides is 2. The molecule has 0 atom stereocenters. The van der Waals surface area contributed by atoms with Crippen LogP contribution in [-0.2, 0) is 13.2 Å². The van der Waals surface area contributed by atoms with E-state index in [-0.39, 0.29) is 0 Å². The lowest BCUT2D eigenvalue weighted by atomic mass is 10.2. The number of urea groups is 1. The first-order valence-electron chi connectivity index (χ1n) is 8.77. The summed E-state index contributed by atoms with van der Waals surface area (Å²) in [6, 6.07) is 24.4. The van der Waals surface area contributed by atoms with Gasteiger partial charge in [0, 0.05) is 5.56 Å². The highest BCUT2D eigenvalue weighted by molar-refractivity contribution is 5.85. The van der Waals surface area contributed by atoms with Crippen molar-refractivity contribution in [2.75, 3.05) is 0 Å². The molecule has 0 saturated heterocycles. The maximum atomic E-state index is 10.9. The lowest BCUT2D eigenvalue weighted by molar-refractivity contribution is 0.249. The first-order valence-corrected chi connectivity index (χ1v) is 8.77. The number of hydrogen-bond donors (Lipinski definition) is 2. The number of primary amides is 1. The quantitative estimate of drug-likeness (QED) is 0.463. The molecule has 0 bridgehead atoms. The SMILES string of the molecule is NC(=O)NN=Cc1cc(OCc2ccccc2)ccc1OCc1ccccc1. The Morgan fingerprint density at radius 3 is 2.11 bits per heavy atom. The predicted octanol–water partition coefficient (Wildman–Crippen LogP) is 3.85. The van der Waals surface area contributed by atoms with Crippen LogP contribution in [0.25, 0.3) is 0 Å². The van der Waals surface area contributed by atoms with Gasteiger partial charge in [0.1, 0.15) is 24.7 Å². The van der Waals surface area contributed by atoms with Crippen LogP contribution in [0, 0.1) is 0 Å². The lowest BCUT2D eigenvalue weighted by Crippen LogP contribution is -2.24. The van der Waals surface area contributed by atoms with E-state index in [0.717, 1.165) is 11.1 Å². The molecule has 0 aliphatic heterocycles. The number of nitrogens with zero attached hydrogens (tertiary/aromatic N) is 1. The van der Waals surface area contributed by atoms with E-state index in [1.165, 1.54) is 6.21 Å². The molecule has 0 saturated carbocycles. The molecule has 3 aromatic carbocycles. The average Bonchev–Trinajstić information content (AvgIpc) is 2.73. The number of rotatable bonds is 8. The molecule has 0 fully saturated rings. The minimum absolute atomic E-state index is 0.412. The van der Waals surface area contributed by atoms with Crippen molar-refractivity contribution < 1.29 is 14.3 Å². The minimum atomic E-state index is -0.737. The van der Waals surface area contributed by atoms with E-state index < -0.39 is 6.03 Å². The Kier molecular flexibility index (Phi) is 6.62. The van der Waals surface area contributed by atoms with Gasteiger partial charge < -0.3 is 15.2 Å². The number of nitrogens with one attached hydrogen (secondary N) is 1. The van der Waals surface area contributed by atoms with Gasteiger partial charge in [-0.1, -0.05) is 60.7 Å². The van der Waals surface area contributed by atoms with Crippen LogP contribution in [0.4, 0.5) is 4.79 Å². The van der Waals surface area contributed by atoms with Crippen molar-refractivity contribution in [3.05, 3.63) is 95.6 Å². The van der Waals surface area contributed by atoms with Crippen LogP contribution in [0.2, 0.25) is 0 Å². The number of carbonyl (C=O) groups excluding carboxylic acids is 1. The van der Waals surface area contributed by atoms with E-state index in [4.69, 9.17) is 15.2 Å². The second-order valence-electron chi connectivity index (χ2n) is 5.98. The maximum Gasteiger partial charge on any atom is 0.332 e. The number of hydrogen-bond acceptors (Lipinski definition) is 4. The standard InChI is InChI=1S/C22H21N3O3/c23-22(26)25-24-14-19-13-20(27-15-17-7-3-1-4-8-17)11-12-21(19)28-16-18-9-5-2-6-10-18/h1-14H,15-16H2,(H3,23,25,26). The molecule has 0 spiro atoms. The zero-order valence-corrected chi connectivity index (χ0v) is 15.2. The van der Waals surface area contributed by atoms with Crippen LogP contribution < -0.4 is 20.6 Å². The molecule has 0 heterocycles. The second-order valence-corrected chi connectivity index (χ2v) is 5.98. The minimum Gasteiger partial charge on any atom is -0.489 e. The Hall–Kier alpha value is -3.80. The summed E-state index contributed by atoms with van der Waals surface area (Å²) in [6.45, 7) is 0.857. The molecule has 28 heavy (non-hydrogen) atoms. The summed E-state index contributed by atoms with van der Waals surface area (Å²) in [5.74, 6) is 1.28. The Morgan fingerprint density at radius 2 is 1.50 bits per heavy atom. The number of nitrogens with two attached hydrogens (primary N) is 1. The average molecular weight is 375 g/mol. The highest BCUT2D eigenvalue weighted by Gasteiger charge is 2.06. The van der Waals surface area contributed by atoms with E-state index in [0.29, 0.717) is 30.3 Å². The van der Waals surface area contributed by atoms with E-state index in [2.05, 4.69) is 10.5 Å². The van der Waals surface area contributed by atoms with Gasteiger partial charge in [0.25, 0.3) is 0 Å². The third-order valence-corrected chi connectivity index (χ3v) is 3.85. The normalized spacial score (nSPS) is 10.6. The van der Waals surface area contributed by atoms with Gasteiger partial charge in [0.2, 0.25) is 0 Å². The molecule has 0 aliphatic carbocycles. The molecule has 0 unspecified atom stereocenters. The largest absolute Gasteiger partial charge is 0.489 e. The molecule has 142 valence electrons. The molecule has 6 heteroatoms. The van der Waals surface area contributed by atoms with Crippen LogP contribution in [0.1, 0.15) is 16.7 Å². The van der Waals surface area contributed by atoms with Gasteiger partial charge in [-0.3, -0.25) is 0 Å². The van der Waals surface area contributed by atoms with E-state index >= 15 is 0 Å². The number of benzene rings is 3. The summed E-state index contributed by atoms with van der Waals surface area (Å²) >= 11 is 0. The molecule has 2 amide bonds. The zero-order chi connectivity index (χ0) is 19.6. The molecule has 3 N–H and O–H groups in total. The molecular formula is C22H21N3O3. The van der Waals surface area contributed by atoms with Crippen molar-refractivity contribution in [3.8, 4) is 11.5 Å². The lowest BCUT2D eigenvalue weighted by Gasteiger charge is -2.12. The molecule has 0 aromatic heterocycles.